The highest BCUT2D eigenvalue weighted by atomic mass is 16.5. The van der Waals surface area contributed by atoms with Gasteiger partial charge in [0.25, 0.3) is 5.91 Å². The Balaban J connectivity index is 1.46. The summed E-state index contributed by atoms with van der Waals surface area (Å²) in [5.41, 5.74) is 4.58. The van der Waals surface area contributed by atoms with Gasteiger partial charge in [0, 0.05) is 11.3 Å². The molecule has 0 radical (unpaired) electrons. The molecule has 0 aliphatic heterocycles. The van der Waals surface area contributed by atoms with Crippen LogP contribution in [-0.2, 0) is 0 Å². The molecule has 1 amide bonds. The number of aromatic nitrogens is 1. The van der Waals surface area contributed by atoms with Crippen molar-refractivity contribution in [3.05, 3.63) is 90.0 Å². The molecule has 5 heteroatoms. The van der Waals surface area contributed by atoms with Crippen LogP contribution in [0.2, 0.25) is 0 Å². The number of methoxy groups -OCH3 is 1. The Labute approximate surface area is 179 Å². The molecule has 1 aromatic heterocycles. The van der Waals surface area contributed by atoms with Gasteiger partial charge in [-0.3, -0.25) is 4.79 Å². The molecular formula is C26H20N2O3. The molecule has 4 aromatic carbocycles. The number of anilines is 1. The molecule has 0 atom stereocenters. The Bertz CT molecular complexity index is 1440. The first-order valence-electron chi connectivity index (χ1n) is 9.96. The van der Waals surface area contributed by atoms with Gasteiger partial charge in [0.05, 0.1) is 12.7 Å². The smallest absolute Gasteiger partial charge is 0.259 e. The van der Waals surface area contributed by atoms with E-state index >= 15 is 0 Å². The number of aryl methyl sites for hydroxylation is 1. The van der Waals surface area contributed by atoms with Crippen molar-refractivity contribution in [1.29, 1.82) is 0 Å². The van der Waals surface area contributed by atoms with Crippen molar-refractivity contribution in [3.8, 4) is 17.2 Å². The Morgan fingerprint density at radius 2 is 1.74 bits per heavy atom. The summed E-state index contributed by atoms with van der Waals surface area (Å²) < 4.78 is 11.4. The number of nitrogens with one attached hydrogen (secondary N) is 1. The predicted octanol–water partition coefficient (Wildman–Crippen LogP) is 6.22. The molecule has 5 nitrogen and oxygen atoms in total. The average Bonchev–Trinajstić information content (AvgIpc) is 3.21. The fourth-order valence-corrected chi connectivity index (χ4v) is 3.66. The monoisotopic (exact) mass is 408 g/mol. The number of amides is 1. The largest absolute Gasteiger partial charge is 0.496 e. The van der Waals surface area contributed by atoms with E-state index < -0.39 is 0 Å². The number of benzene rings is 4. The van der Waals surface area contributed by atoms with Crippen molar-refractivity contribution in [2.75, 3.05) is 12.4 Å². The molecule has 5 rings (SSSR count). The van der Waals surface area contributed by atoms with Crippen molar-refractivity contribution < 1.29 is 13.9 Å². The van der Waals surface area contributed by atoms with Gasteiger partial charge >= 0.3 is 0 Å². The Kier molecular flexibility index (Phi) is 4.64. The average molecular weight is 408 g/mol. The summed E-state index contributed by atoms with van der Waals surface area (Å²) in [5, 5.41) is 4.96. The number of carbonyl (C=O) groups excluding carboxylic acids is 1. The number of hydrogen-bond donors (Lipinski definition) is 1. The Hall–Kier alpha value is -4.12. The van der Waals surface area contributed by atoms with Crippen LogP contribution in [0.1, 0.15) is 15.9 Å². The molecule has 31 heavy (non-hydrogen) atoms. The second-order valence-electron chi connectivity index (χ2n) is 7.42. The van der Waals surface area contributed by atoms with Gasteiger partial charge in [-0.05, 0) is 65.7 Å². The maximum absolute atomic E-state index is 13.0. The topological polar surface area (TPSA) is 64.4 Å². The molecular weight excluding hydrogens is 388 g/mol. The zero-order chi connectivity index (χ0) is 21.4. The molecule has 0 fully saturated rings. The minimum atomic E-state index is -0.243. The van der Waals surface area contributed by atoms with Crippen LogP contribution in [0.15, 0.2) is 83.3 Å². The third kappa shape index (κ3) is 3.62. The van der Waals surface area contributed by atoms with E-state index in [9.17, 15) is 4.79 Å². The van der Waals surface area contributed by atoms with E-state index in [1.54, 1.807) is 7.11 Å². The second kappa shape index (κ2) is 7.61. The molecule has 0 aliphatic carbocycles. The number of oxazole rings is 1. The predicted molar refractivity (Wildman–Crippen MR) is 123 cm³/mol. The molecule has 0 saturated heterocycles. The van der Waals surface area contributed by atoms with Crippen LogP contribution in [0.3, 0.4) is 0 Å². The molecule has 0 unspecified atom stereocenters. The van der Waals surface area contributed by atoms with Gasteiger partial charge in [0.15, 0.2) is 5.58 Å². The van der Waals surface area contributed by atoms with E-state index in [-0.39, 0.29) is 5.91 Å². The lowest BCUT2D eigenvalue weighted by atomic mass is 10.1. The molecule has 5 aromatic rings. The summed E-state index contributed by atoms with van der Waals surface area (Å²) in [4.78, 5) is 17.6. The second-order valence-corrected chi connectivity index (χ2v) is 7.42. The highest BCUT2D eigenvalue weighted by Crippen LogP contribution is 2.29. The SMILES string of the molecule is COc1cc2ccccc2cc1C(=O)Nc1cccc(-c2nc3cc(C)ccc3o2)c1. The molecule has 1 heterocycles. The number of ether oxygens (including phenoxy) is 1. The number of carbonyl (C=O) groups is 1. The normalized spacial score (nSPS) is 11.0. The Morgan fingerprint density at radius 1 is 0.935 bits per heavy atom. The van der Waals surface area contributed by atoms with Gasteiger partial charge in [-0.2, -0.15) is 0 Å². The molecule has 1 N–H and O–H groups in total. The number of nitrogens with zero attached hydrogens (tertiary/aromatic N) is 1. The van der Waals surface area contributed by atoms with Gasteiger partial charge in [0.2, 0.25) is 5.89 Å². The molecule has 152 valence electrons. The maximum Gasteiger partial charge on any atom is 0.259 e. The first-order valence-corrected chi connectivity index (χ1v) is 9.96. The zero-order valence-electron chi connectivity index (χ0n) is 17.2. The summed E-state index contributed by atoms with van der Waals surface area (Å²) in [5.74, 6) is 0.801. The van der Waals surface area contributed by atoms with Crippen LogP contribution < -0.4 is 10.1 Å². The molecule has 0 saturated carbocycles. The van der Waals surface area contributed by atoms with Crippen LogP contribution in [0.4, 0.5) is 5.69 Å². The third-order valence-corrected chi connectivity index (χ3v) is 5.22. The summed E-state index contributed by atoms with van der Waals surface area (Å²) in [6, 6.07) is 24.9. The van der Waals surface area contributed by atoms with Gasteiger partial charge in [-0.1, -0.05) is 36.4 Å². The summed E-state index contributed by atoms with van der Waals surface area (Å²) in [7, 11) is 1.57. The van der Waals surface area contributed by atoms with Crippen LogP contribution >= 0.6 is 0 Å². The number of rotatable bonds is 4. The van der Waals surface area contributed by atoms with Crippen molar-refractivity contribution >= 4 is 33.5 Å². The van der Waals surface area contributed by atoms with Gasteiger partial charge in [0.1, 0.15) is 11.3 Å². The number of hydrogen-bond acceptors (Lipinski definition) is 4. The third-order valence-electron chi connectivity index (χ3n) is 5.22. The molecule has 0 spiro atoms. The van der Waals surface area contributed by atoms with E-state index in [1.165, 1.54) is 0 Å². The van der Waals surface area contributed by atoms with Crippen molar-refractivity contribution in [2.24, 2.45) is 0 Å². The van der Waals surface area contributed by atoms with Crippen molar-refractivity contribution in [1.82, 2.24) is 4.98 Å². The molecule has 0 bridgehead atoms. The minimum Gasteiger partial charge on any atom is -0.496 e. The van der Waals surface area contributed by atoms with Gasteiger partial charge < -0.3 is 14.5 Å². The van der Waals surface area contributed by atoms with Crippen LogP contribution in [0.25, 0.3) is 33.3 Å². The highest BCUT2D eigenvalue weighted by Gasteiger charge is 2.15. The van der Waals surface area contributed by atoms with Crippen LogP contribution in [0.5, 0.6) is 5.75 Å². The van der Waals surface area contributed by atoms with Crippen LogP contribution in [0, 0.1) is 6.92 Å². The van der Waals surface area contributed by atoms with E-state index in [4.69, 9.17) is 9.15 Å². The summed E-state index contributed by atoms with van der Waals surface area (Å²) >= 11 is 0. The van der Waals surface area contributed by atoms with Gasteiger partial charge in [-0.25, -0.2) is 4.98 Å². The quantitative estimate of drug-likeness (QED) is 0.384. The lowest BCUT2D eigenvalue weighted by molar-refractivity contribution is 0.102. The van der Waals surface area contributed by atoms with E-state index in [0.717, 1.165) is 33.0 Å². The fraction of sp³-hybridized carbons (Fsp3) is 0.0769. The van der Waals surface area contributed by atoms with Gasteiger partial charge in [-0.15, -0.1) is 0 Å². The maximum atomic E-state index is 13.0. The van der Waals surface area contributed by atoms with Crippen molar-refractivity contribution in [3.63, 3.8) is 0 Å². The van der Waals surface area contributed by atoms with Crippen LogP contribution in [-0.4, -0.2) is 18.0 Å². The van der Waals surface area contributed by atoms with Crippen molar-refractivity contribution in [2.45, 2.75) is 6.92 Å². The van der Waals surface area contributed by atoms with E-state index in [1.807, 2.05) is 85.8 Å². The zero-order valence-corrected chi connectivity index (χ0v) is 17.2. The molecule has 0 aliphatic rings. The lowest BCUT2D eigenvalue weighted by Gasteiger charge is -2.11. The lowest BCUT2D eigenvalue weighted by Crippen LogP contribution is -2.13. The number of fused-ring (bicyclic) bond motifs is 2. The highest BCUT2D eigenvalue weighted by molar-refractivity contribution is 6.09. The first kappa shape index (κ1) is 18.9. The van der Waals surface area contributed by atoms with E-state index in [2.05, 4.69) is 10.3 Å². The summed E-state index contributed by atoms with van der Waals surface area (Å²) in [6.07, 6.45) is 0. The standard InChI is InChI=1S/C26H20N2O3/c1-16-10-11-23-22(12-16)28-26(31-23)19-8-5-9-20(13-19)27-25(29)21-14-17-6-3-4-7-18(17)15-24(21)30-2/h3-15H,1-2H3,(H,27,29). The van der Waals surface area contributed by atoms with E-state index in [0.29, 0.717) is 22.9 Å². The Morgan fingerprint density at radius 3 is 2.55 bits per heavy atom. The first-order chi connectivity index (χ1) is 15.1. The fourth-order valence-electron chi connectivity index (χ4n) is 3.66. The summed E-state index contributed by atoms with van der Waals surface area (Å²) in [6.45, 7) is 2.02. The minimum absolute atomic E-state index is 0.243.